The summed E-state index contributed by atoms with van der Waals surface area (Å²) in [6.45, 7) is 4.65. The van der Waals surface area contributed by atoms with Gasteiger partial charge in [0.05, 0.1) is 12.7 Å². The molecule has 0 radical (unpaired) electrons. The monoisotopic (exact) mass is 201 g/mol. The second-order valence-corrected chi connectivity index (χ2v) is 4.38. The maximum Gasteiger partial charge on any atom is 0.103 e. The quantitative estimate of drug-likeness (QED) is 0.670. The second kappa shape index (κ2) is 4.14. The summed E-state index contributed by atoms with van der Waals surface area (Å²) in [6.07, 6.45) is 2.04. The Morgan fingerprint density at radius 2 is 2.36 bits per heavy atom. The molecule has 2 rings (SSSR count). The van der Waals surface area contributed by atoms with Crippen LogP contribution in [0.5, 0.6) is 0 Å². The summed E-state index contributed by atoms with van der Waals surface area (Å²) in [4.78, 5) is 0. The molecular weight excluding hydrogens is 182 g/mol. The molecule has 14 heavy (non-hydrogen) atoms. The molecule has 2 fully saturated rings. The molecule has 2 aliphatic rings. The topological polar surface area (TPSA) is 50.7 Å². The Labute approximate surface area is 84.6 Å². The van der Waals surface area contributed by atoms with Crippen LogP contribution in [0.25, 0.3) is 0 Å². The van der Waals surface area contributed by atoms with Crippen molar-refractivity contribution in [1.82, 2.24) is 5.32 Å². The van der Waals surface area contributed by atoms with E-state index in [1.165, 1.54) is 0 Å². The lowest BCUT2D eigenvalue weighted by Gasteiger charge is -2.24. The van der Waals surface area contributed by atoms with Crippen molar-refractivity contribution in [2.24, 2.45) is 0 Å². The van der Waals surface area contributed by atoms with Crippen molar-refractivity contribution in [3.8, 4) is 0 Å². The number of hydrogen-bond donors (Lipinski definition) is 2. The minimum atomic E-state index is -0.650. The van der Waals surface area contributed by atoms with E-state index in [9.17, 15) is 5.11 Å². The first-order valence-corrected chi connectivity index (χ1v) is 5.35. The molecule has 0 bridgehead atoms. The van der Waals surface area contributed by atoms with Gasteiger partial charge in [-0.25, -0.2) is 0 Å². The molecule has 0 amide bonds. The third kappa shape index (κ3) is 2.25. The molecule has 0 spiro atoms. The molecule has 3 atom stereocenters. The number of ether oxygens (including phenoxy) is 2. The van der Waals surface area contributed by atoms with Crippen LogP contribution in [-0.4, -0.2) is 49.2 Å². The maximum atomic E-state index is 10.0. The van der Waals surface area contributed by atoms with E-state index in [4.69, 9.17) is 9.47 Å². The van der Waals surface area contributed by atoms with Gasteiger partial charge in [-0.3, -0.25) is 0 Å². The van der Waals surface area contributed by atoms with Gasteiger partial charge in [0.2, 0.25) is 0 Å². The predicted molar refractivity (Wildman–Crippen MR) is 52.2 cm³/mol. The molecule has 2 N–H and O–H groups in total. The summed E-state index contributed by atoms with van der Waals surface area (Å²) < 4.78 is 10.6. The van der Waals surface area contributed by atoms with Gasteiger partial charge in [0.1, 0.15) is 5.60 Å². The zero-order valence-corrected chi connectivity index (χ0v) is 8.66. The van der Waals surface area contributed by atoms with E-state index < -0.39 is 5.60 Å². The van der Waals surface area contributed by atoms with E-state index in [1.54, 1.807) is 0 Å². The third-order valence-electron chi connectivity index (χ3n) is 3.15. The van der Waals surface area contributed by atoms with E-state index in [0.717, 1.165) is 19.4 Å². The van der Waals surface area contributed by atoms with Crippen molar-refractivity contribution >= 4 is 0 Å². The van der Waals surface area contributed by atoms with Gasteiger partial charge in [-0.15, -0.1) is 0 Å². The molecule has 82 valence electrons. The SMILES string of the molecule is CC1OCCC1NCC1(O)CCOC1. The average Bonchev–Trinajstić information content (AvgIpc) is 2.73. The van der Waals surface area contributed by atoms with Gasteiger partial charge in [-0.2, -0.15) is 0 Å². The van der Waals surface area contributed by atoms with Crippen LogP contribution < -0.4 is 5.32 Å². The van der Waals surface area contributed by atoms with Crippen molar-refractivity contribution in [2.45, 2.75) is 37.5 Å². The van der Waals surface area contributed by atoms with E-state index in [2.05, 4.69) is 12.2 Å². The Kier molecular flexibility index (Phi) is 3.07. The molecule has 2 heterocycles. The highest BCUT2D eigenvalue weighted by molar-refractivity contribution is 4.88. The summed E-state index contributed by atoms with van der Waals surface area (Å²) in [5.74, 6) is 0. The fourth-order valence-corrected chi connectivity index (χ4v) is 2.06. The first-order valence-electron chi connectivity index (χ1n) is 5.35. The highest BCUT2D eigenvalue weighted by Gasteiger charge is 2.34. The van der Waals surface area contributed by atoms with E-state index >= 15 is 0 Å². The Bertz CT molecular complexity index is 192. The summed E-state index contributed by atoms with van der Waals surface area (Å²) in [6, 6.07) is 0.389. The largest absolute Gasteiger partial charge is 0.386 e. The van der Waals surface area contributed by atoms with Gasteiger partial charge in [-0.1, -0.05) is 0 Å². The lowest BCUT2D eigenvalue weighted by atomic mass is 10.0. The summed E-state index contributed by atoms with van der Waals surface area (Å²) in [7, 11) is 0. The number of rotatable bonds is 3. The van der Waals surface area contributed by atoms with Gasteiger partial charge >= 0.3 is 0 Å². The Balaban J connectivity index is 1.75. The first kappa shape index (κ1) is 10.4. The van der Waals surface area contributed by atoms with Crippen LogP contribution in [-0.2, 0) is 9.47 Å². The molecule has 2 aliphatic heterocycles. The zero-order valence-electron chi connectivity index (χ0n) is 8.66. The van der Waals surface area contributed by atoms with Crippen LogP contribution in [0.2, 0.25) is 0 Å². The fraction of sp³-hybridized carbons (Fsp3) is 1.00. The van der Waals surface area contributed by atoms with Crippen molar-refractivity contribution < 1.29 is 14.6 Å². The summed E-state index contributed by atoms with van der Waals surface area (Å²) in [5, 5.41) is 13.4. The highest BCUT2D eigenvalue weighted by atomic mass is 16.5. The van der Waals surface area contributed by atoms with Gasteiger partial charge in [0, 0.05) is 32.2 Å². The van der Waals surface area contributed by atoms with Crippen molar-refractivity contribution in [3.05, 3.63) is 0 Å². The molecule has 4 nitrogen and oxygen atoms in total. The first-order chi connectivity index (χ1) is 6.70. The number of hydrogen-bond acceptors (Lipinski definition) is 4. The van der Waals surface area contributed by atoms with E-state index in [-0.39, 0.29) is 6.10 Å². The number of aliphatic hydroxyl groups is 1. The van der Waals surface area contributed by atoms with Crippen LogP contribution in [0.4, 0.5) is 0 Å². The lowest BCUT2D eigenvalue weighted by Crippen LogP contribution is -2.46. The Morgan fingerprint density at radius 3 is 2.93 bits per heavy atom. The average molecular weight is 201 g/mol. The van der Waals surface area contributed by atoms with E-state index in [0.29, 0.717) is 25.8 Å². The zero-order chi connectivity index (χ0) is 10.0. The molecule has 0 aliphatic carbocycles. The minimum Gasteiger partial charge on any atom is -0.386 e. The summed E-state index contributed by atoms with van der Waals surface area (Å²) >= 11 is 0. The molecule has 0 aromatic rings. The molecule has 2 saturated heterocycles. The summed E-state index contributed by atoms with van der Waals surface area (Å²) in [5.41, 5.74) is -0.650. The van der Waals surface area contributed by atoms with Crippen LogP contribution in [0.1, 0.15) is 19.8 Å². The molecule has 4 heteroatoms. The Hall–Kier alpha value is -0.160. The Morgan fingerprint density at radius 1 is 1.50 bits per heavy atom. The van der Waals surface area contributed by atoms with Gasteiger partial charge in [0.15, 0.2) is 0 Å². The standard InChI is InChI=1S/C10H19NO3/c1-8-9(2-4-14-8)11-6-10(12)3-5-13-7-10/h8-9,11-12H,2-7H2,1H3. The minimum absolute atomic E-state index is 0.265. The molecule has 0 saturated carbocycles. The lowest BCUT2D eigenvalue weighted by molar-refractivity contribution is 0.0219. The highest BCUT2D eigenvalue weighted by Crippen LogP contribution is 2.19. The second-order valence-electron chi connectivity index (χ2n) is 4.38. The van der Waals surface area contributed by atoms with Crippen LogP contribution in [0.3, 0.4) is 0 Å². The van der Waals surface area contributed by atoms with Crippen molar-refractivity contribution in [1.29, 1.82) is 0 Å². The van der Waals surface area contributed by atoms with Crippen molar-refractivity contribution in [2.75, 3.05) is 26.4 Å². The van der Waals surface area contributed by atoms with Gasteiger partial charge in [0.25, 0.3) is 0 Å². The smallest absolute Gasteiger partial charge is 0.103 e. The molecule has 0 aromatic carbocycles. The fourth-order valence-electron chi connectivity index (χ4n) is 2.06. The molecular formula is C10H19NO3. The third-order valence-corrected chi connectivity index (χ3v) is 3.15. The maximum absolute atomic E-state index is 10.0. The van der Waals surface area contributed by atoms with Crippen molar-refractivity contribution in [3.63, 3.8) is 0 Å². The van der Waals surface area contributed by atoms with Crippen LogP contribution in [0.15, 0.2) is 0 Å². The number of nitrogens with one attached hydrogen (secondary N) is 1. The van der Waals surface area contributed by atoms with Crippen LogP contribution in [0, 0.1) is 0 Å². The normalized spacial score (nSPS) is 43.3. The van der Waals surface area contributed by atoms with Crippen LogP contribution >= 0.6 is 0 Å². The van der Waals surface area contributed by atoms with E-state index in [1.807, 2.05) is 0 Å². The molecule has 3 unspecified atom stereocenters. The van der Waals surface area contributed by atoms with Gasteiger partial charge in [-0.05, 0) is 13.3 Å². The predicted octanol–water partition coefficient (Wildman–Crippen LogP) is -0.0952. The van der Waals surface area contributed by atoms with Gasteiger partial charge < -0.3 is 19.9 Å². The molecule has 0 aromatic heterocycles.